The fourth-order valence-corrected chi connectivity index (χ4v) is 1.99. The number of azide groups is 2. The van der Waals surface area contributed by atoms with Crippen LogP contribution in [-0.4, -0.2) is 9.97 Å². The Morgan fingerprint density at radius 1 is 0.905 bits per heavy atom. The second-order valence-electron chi connectivity index (χ2n) is 4.21. The van der Waals surface area contributed by atoms with Crippen molar-refractivity contribution in [3.8, 4) is 11.4 Å². The van der Waals surface area contributed by atoms with E-state index >= 15 is 0 Å². The molecule has 0 unspecified atom stereocenters. The Bertz CT molecular complexity index is 896. The van der Waals surface area contributed by atoms with Gasteiger partial charge in [-0.15, -0.1) is 0 Å². The molecule has 1 aromatic heterocycles. The maximum absolute atomic E-state index is 8.44. The predicted octanol–water partition coefficient (Wildman–Crippen LogP) is 5.11. The maximum atomic E-state index is 8.44. The molecule has 8 nitrogen and oxygen atoms in total. The Morgan fingerprint density at radius 2 is 1.57 bits per heavy atom. The lowest BCUT2D eigenvalue weighted by Gasteiger charge is -1.96. The fourth-order valence-electron chi connectivity index (χ4n) is 1.99. The molecule has 0 amide bonds. The lowest BCUT2D eigenvalue weighted by molar-refractivity contribution is 1.33. The maximum Gasteiger partial charge on any atom is 0.138 e. The SMILES string of the molecule is [N-]=[N+]=Nc1ccc(-c2nc3ccc(N=[N+]=[N-])cc3[nH]2)cc1. The molecule has 2 aromatic carbocycles. The summed E-state index contributed by atoms with van der Waals surface area (Å²) in [6.45, 7) is 0. The van der Waals surface area contributed by atoms with Crippen LogP contribution in [0.2, 0.25) is 0 Å². The number of hydrogen-bond acceptors (Lipinski definition) is 3. The standard InChI is InChI=1S/C13H8N8/c14-20-18-9-3-1-8(2-4-9)13-16-11-6-5-10(19-21-15)7-12(11)17-13/h1-7H,(H,16,17). The van der Waals surface area contributed by atoms with Gasteiger partial charge in [0.2, 0.25) is 0 Å². The monoisotopic (exact) mass is 276 g/mol. The van der Waals surface area contributed by atoms with Gasteiger partial charge < -0.3 is 4.98 Å². The predicted molar refractivity (Wildman–Crippen MR) is 79.1 cm³/mol. The Balaban J connectivity index is 2.03. The average Bonchev–Trinajstić information content (AvgIpc) is 2.92. The number of aromatic nitrogens is 2. The van der Waals surface area contributed by atoms with Crippen LogP contribution >= 0.6 is 0 Å². The van der Waals surface area contributed by atoms with E-state index in [1.54, 1.807) is 30.3 Å². The van der Waals surface area contributed by atoms with Gasteiger partial charge in [0.15, 0.2) is 0 Å². The van der Waals surface area contributed by atoms with Crippen molar-refractivity contribution in [3.63, 3.8) is 0 Å². The molecule has 0 bridgehead atoms. The van der Waals surface area contributed by atoms with Crippen molar-refractivity contribution in [1.29, 1.82) is 0 Å². The molecule has 0 atom stereocenters. The molecule has 3 aromatic rings. The third kappa shape index (κ3) is 2.48. The van der Waals surface area contributed by atoms with Gasteiger partial charge in [-0.25, -0.2) is 4.98 Å². The zero-order valence-corrected chi connectivity index (χ0v) is 10.7. The summed E-state index contributed by atoms with van der Waals surface area (Å²) in [6.07, 6.45) is 0. The Labute approximate surface area is 118 Å². The van der Waals surface area contributed by atoms with E-state index in [9.17, 15) is 0 Å². The number of imidazole rings is 1. The summed E-state index contributed by atoms with van der Waals surface area (Å²) in [7, 11) is 0. The third-order valence-electron chi connectivity index (χ3n) is 2.93. The van der Waals surface area contributed by atoms with Crippen molar-refractivity contribution in [2.75, 3.05) is 0 Å². The highest BCUT2D eigenvalue weighted by Crippen LogP contribution is 2.25. The smallest absolute Gasteiger partial charge is 0.138 e. The van der Waals surface area contributed by atoms with Crippen molar-refractivity contribution in [3.05, 3.63) is 63.4 Å². The van der Waals surface area contributed by atoms with E-state index in [1.165, 1.54) is 0 Å². The van der Waals surface area contributed by atoms with E-state index in [0.29, 0.717) is 17.2 Å². The number of hydrogen-bond donors (Lipinski definition) is 1. The van der Waals surface area contributed by atoms with Gasteiger partial charge in [-0.1, -0.05) is 40.6 Å². The summed E-state index contributed by atoms with van der Waals surface area (Å²) in [5.74, 6) is 0.690. The van der Waals surface area contributed by atoms with E-state index in [1.807, 2.05) is 12.1 Å². The number of H-pyrrole nitrogens is 1. The molecule has 0 saturated carbocycles. The van der Waals surface area contributed by atoms with Gasteiger partial charge in [0.1, 0.15) is 5.82 Å². The van der Waals surface area contributed by atoms with Crippen molar-refractivity contribution in [2.45, 2.75) is 0 Å². The molecule has 1 heterocycles. The number of aromatic amines is 1. The highest BCUT2D eigenvalue weighted by atomic mass is 15.1. The summed E-state index contributed by atoms with van der Waals surface area (Å²) >= 11 is 0. The van der Waals surface area contributed by atoms with Crippen LogP contribution in [0.4, 0.5) is 11.4 Å². The molecule has 0 radical (unpaired) electrons. The Morgan fingerprint density at radius 3 is 2.29 bits per heavy atom. The van der Waals surface area contributed by atoms with Crippen molar-refractivity contribution in [2.24, 2.45) is 10.2 Å². The lowest BCUT2D eigenvalue weighted by Crippen LogP contribution is -1.78. The van der Waals surface area contributed by atoms with Crippen LogP contribution in [0, 0.1) is 0 Å². The summed E-state index contributed by atoms with van der Waals surface area (Å²) in [6, 6.07) is 12.3. The molecule has 8 heteroatoms. The van der Waals surface area contributed by atoms with E-state index in [4.69, 9.17) is 11.1 Å². The molecule has 0 aliphatic carbocycles. The first-order chi connectivity index (χ1) is 10.3. The molecule has 0 saturated heterocycles. The van der Waals surface area contributed by atoms with Gasteiger partial charge in [0.25, 0.3) is 0 Å². The minimum Gasteiger partial charge on any atom is -0.338 e. The second-order valence-corrected chi connectivity index (χ2v) is 4.21. The lowest BCUT2D eigenvalue weighted by atomic mass is 10.2. The van der Waals surface area contributed by atoms with Crippen LogP contribution in [0.1, 0.15) is 0 Å². The fraction of sp³-hybridized carbons (Fsp3) is 0. The molecular weight excluding hydrogens is 268 g/mol. The molecular formula is C13H8N8. The molecule has 21 heavy (non-hydrogen) atoms. The molecule has 100 valence electrons. The number of nitrogens with zero attached hydrogens (tertiary/aromatic N) is 7. The van der Waals surface area contributed by atoms with Gasteiger partial charge in [-0.2, -0.15) is 0 Å². The third-order valence-corrected chi connectivity index (χ3v) is 2.93. The summed E-state index contributed by atoms with van der Waals surface area (Å²) in [5, 5.41) is 7.08. The van der Waals surface area contributed by atoms with Crippen LogP contribution < -0.4 is 0 Å². The minimum absolute atomic E-state index is 0.527. The van der Waals surface area contributed by atoms with E-state index in [0.717, 1.165) is 16.6 Å². The van der Waals surface area contributed by atoms with Gasteiger partial charge >= 0.3 is 0 Å². The topological polar surface area (TPSA) is 126 Å². The summed E-state index contributed by atoms with van der Waals surface area (Å²) in [4.78, 5) is 13.1. The molecule has 3 rings (SSSR count). The van der Waals surface area contributed by atoms with Crippen LogP contribution in [0.15, 0.2) is 52.7 Å². The zero-order valence-electron chi connectivity index (χ0n) is 10.7. The number of benzene rings is 2. The second kappa shape index (κ2) is 5.26. The first kappa shape index (κ1) is 12.6. The van der Waals surface area contributed by atoms with Crippen molar-refractivity contribution >= 4 is 22.4 Å². The largest absolute Gasteiger partial charge is 0.338 e. The Hall–Kier alpha value is -3.47. The highest BCUT2D eigenvalue weighted by molar-refractivity contribution is 5.82. The number of rotatable bonds is 3. The van der Waals surface area contributed by atoms with Crippen LogP contribution in [0.3, 0.4) is 0 Å². The first-order valence-corrected chi connectivity index (χ1v) is 6.00. The summed E-state index contributed by atoms with van der Waals surface area (Å²) in [5.41, 5.74) is 20.3. The molecule has 1 N–H and O–H groups in total. The van der Waals surface area contributed by atoms with Crippen molar-refractivity contribution < 1.29 is 0 Å². The highest BCUT2D eigenvalue weighted by Gasteiger charge is 2.05. The van der Waals surface area contributed by atoms with E-state index in [2.05, 4.69) is 30.0 Å². The van der Waals surface area contributed by atoms with Crippen LogP contribution in [0.5, 0.6) is 0 Å². The molecule has 0 spiro atoms. The molecule has 0 aliphatic heterocycles. The normalized spacial score (nSPS) is 9.90. The molecule has 0 aliphatic rings. The van der Waals surface area contributed by atoms with E-state index in [-0.39, 0.29) is 0 Å². The molecule has 0 fully saturated rings. The Kier molecular flexibility index (Phi) is 3.15. The summed E-state index contributed by atoms with van der Waals surface area (Å²) < 4.78 is 0. The van der Waals surface area contributed by atoms with Crippen LogP contribution in [0.25, 0.3) is 43.3 Å². The number of fused-ring (bicyclic) bond motifs is 1. The van der Waals surface area contributed by atoms with Crippen LogP contribution in [-0.2, 0) is 0 Å². The van der Waals surface area contributed by atoms with Gasteiger partial charge in [0, 0.05) is 26.8 Å². The first-order valence-electron chi connectivity index (χ1n) is 6.00. The van der Waals surface area contributed by atoms with Gasteiger partial charge in [-0.3, -0.25) is 0 Å². The number of nitrogens with one attached hydrogen (secondary N) is 1. The zero-order chi connectivity index (χ0) is 14.7. The average molecular weight is 276 g/mol. The van der Waals surface area contributed by atoms with Gasteiger partial charge in [0.05, 0.1) is 11.0 Å². The van der Waals surface area contributed by atoms with Gasteiger partial charge in [-0.05, 0) is 23.2 Å². The quantitative estimate of drug-likeness (QED) is 0.398. The van der Waals surface area contributed by atoms with E-state index < -0.39 is 0 Å². The van der Waals surface area contributed by atoms with Crippen molar-refractivity contribution in [1.82, 2.24) is 9.97 Å². The minimum atomic E-state index is 0.527.